The van der Waals surface area contributed by atoms with E-state index < -0.39 is 11.9 Å². The summed E-state index contributed by atoms with van der Waals surface area (Å²) in [5, 5.41) is 3.02. The molecular weight excluding hydrogens is 264 g/mol. The Hall–Kier alpha value is -1.22. The number of hydrogen-bond acceptors (Lipinski definition) is 8. The number of hydroxylamine groups is 4. The lowest BCUT2D eigenvalue weighted by atomic mass is 10.4. The SMILES string of the molecule is CN1CCN(OC(=O)C(=O)ON2CCN(C)CC2)CC1. The highest BCUT2D eigenvalue weighted by Crippen LogP contribution is 2.03. The molecule has 0 unspecified atom stereocenters. The van der Waals surface area contributed by atoms with Crippen molar-refractivity contribution in [3.8, 4) is 0 Å². The monoisotopic (exact) mass is 286 g/mol. The van der Waals surface area contributed by atoms with E-state index in [0.717, 1.165) is 26.2 Å². The molecule has 0 bridgehead atoms. The first kappa shape index (κ1) is 15.2. The maximum absolute atomic E-state index is 11.6. The first-order valence-corrected chi connectivity index (χ1v) is 6.86. The lowest BCUT2D eigenvalue weighted by Crippen LogP contribution is -2.48. The number of nitrogens with zero attached hydrogens (tertiary/aromatic N) is 4. The maximum Gasteiger partial charge on any atom is 0.438 e. The lowest BCUT2D eigenvalue weighted by molar-refractivity contribution is -0.223. The van der Waals surface area contributed by atoms with Crippen LogP contribution < -0.4 is 0 Å². The van der Waals surface area contributed by atoms with Crippen molar-refractivity contribution in [2.75, 3.05) is 66.5 Å². The molecule has 0 aromatic heterocycles. The minimum atomic E-state index is -0.950. The highest BCUT2D eigenvalue weighted by atomic mass is 16.8. The second kappa shape index (κ2) is 6.98. The summed E-state index contributed by atoms with van der Waals surface area (Å²) < 4.78 is 0. The molecular formula is C12H22N4O4. The van der Waals surface area contributed by atoms with Crippen molar-refractivity contribution >= 4 is 11.9 Å². The lowest BCUT2D eigenvalue weighted by Gasteiger charge is -2.31. The zero-order valence-electron chi connectivity index (χ0n) is 12.1. The summed E-state index contributed by atoms with van der Waals surface area (Å²) in [7, 11) is 4.00. The smallest absolute Gasteiger partial charge is 0.359 e. The molecule has 2 fully saturated rings. The third kappa shape index (κ3) is 4.41. The molecule has 114 valence electrons. The van der Waals surface area contributed by atoms with Crippen LogP contribution in [0.5, 0.6) is 0 Å². The van der Waals surface area contributed by atoms with Crippen molar-refractivity contribution in [1.82, 2.24) is 19.9 Å². The molecule has 0 aromatic rings. The Bertz CT molecular complexity index is 315. The fourth-order valence-electron chi connectivity index (χ4n) is 2.07. The number of likely N-dealkylation sites (N-methyl/N-ethyl adjacent to an activating group) is 2. The quantitative estimate of drug-likeness (QED) is 0.562. The van der Waals surface area contributed by atoms with E-state index in [2.05, 4.69) is 9.80 Å². The molecule has 0 amide bonds. The van der Waals surface area contributed by atoms with E-state index in [0.29, 0.717) is 26.2 Å². The first-order chi connectivity index (χ1) is 9.54. The van der Waals surface area contributed by atoms with Crippen molar-refractivity contribution in [3.05, 3.63) is 0 Å². The Labute approximate surface area is 118 Å². The Morgan fingerprint density at radius 2 is 0.950 bits per heavy atom. The molecule has 8 heteroatoms. The summed E-state index contributed by atoms with van der Waals surface area (Å²) in [6, 6.07) is 0. The van der Waals surface area contributed by atoms with Crippen LogP contribution in [0.15, 0.2) is 0 Å². The molecule has 2 saturated heterocycles. The van der Waals surface area contributed by atoms with Gasteiger partial charge >= 0.3 is 11.9 Å². The topological polar surface area (TPSA) is 65.6 Å². The van der Waals surface area contributed by atoms with Crippen LogP contribution in [0.25, 0.3) is 0 Å². The molecule has 0 aromatic carbocycles. The van der Waals surface area contributed by atoms with Gasteiger partial charge in [-0.2, -0.15) is 0 Å². The van der Waals surface area contributed by atoms with Gasteiger partial charge in [0.2, 0.25) is 0 Å². The van der Waals surface area contributed by atoms with Gasteiger partial charge in [-0.1, -0.05) is 0 Å². The van der Waals surface area contributed by atoms with Crippen molar-refractivity contribution < 1.29 is 19.3 Å². The van der Waals surface area contributed by atoms with Crippen LogP contribution in [0.4, 0.5) is 0 Å². The molecule has 0 atom stereocenters. The standard InChI is InChI=1S/C12H22N4O4/c1-13-3-7-15(8-4-13)19-11(17)12(18)20-16-9-5-14(2)6-10-16/h3-10H2,1-2H3. The molecule has 0 aliphatic carbocycles. The number of rotatable bonds is 2. The van der Waals surface area contributed by atoms with Crippen molar-refractivity contribution in [2.24, 2.45) is 0 Å². The molecule has 0 spiro atoms. The Kier molecular flexibility index (Phi) is 5.30. The number of carbonyl (C=O) groups excluding carboxylic acids is 2. The molecule has 2 heterocycles. The van der Waals surface area contributed by atoms with E-state index >= 15 is 0 Å². The van der Waals surface area contributed by atoms with Gasteiger partial charge in [0.05, 0.1) is 0 Å². The van der Waals surface area contributed by atoms with Crippen molar-refractivity contribution in [2.45, 2.75) is 0 Å². The van der Waals surface area contributed by atoms with Gasteiger partial charge in [-0.25, -0.2) is 9.59 Å². The molecule has 0 N–H and O–H groups in total. The van der Waals surface area contributed by atoms with E-state index in [1.54, 1.807) is 0 Å². The molecule has 2 aliphatic heterocycles. The molecule has 2 aliphatic rings. The average Bonchev–Trinajstić information content (AvgIpc) is 2.44. The number of hydrogen-bond donors (Lipinski definition) is 0. The van der Waals surface area contributed by atoms with E-state index in [1.165, 1.54) is 10.1 Å². The Morgan fingerprint density at radius 1 is 0.650 bits per heavy atom. The summed E-state index contributed by atoms with van der Waals surface area (Å²) in [4.78, 5) is 37.6. The third-order valence-corrected chi connectivity index (χ3v) is 3.52. The minimum absolute atomic E-state index is 0.601. The average molecular weight is 286 g/mol. The molecule has 20 heavy (non-hydrogen) atoms. The molecule has 0 radical (unpaired) electrons. The Balaban J connectivity index is 1.70. The van der Waals surface area contributed by atoms with Crippen LogP contribution in [0.2, 0.25) is 0 Å². The normalized spacial score (nSPS) is 23.5. The van der Waals surface area contributed by atoms with E-state index in [-0.39, 0.29) is 0 Å². The van der Waals surface area contributed by atoms with Crippen LogP contribution in [-0.2, 0) is 19.3 Å². The zero-order valence-corrected chi connectivity index (χ0v) is 12.1. The molecule has 2 rings (SSSR count). The van der Waals surface area contributed by atoms with Gasteiger partial charge in [-0.05, 0) is 14.1 Å². The van der Waals surface area contributed by atoms with Gasteiger partial charge < -0.3 is 19.5 Å². The van der Waals surface area contributed by atoms with Crippen LogP contribution in [0, 0.1) is 0 Å². The fraction of sp³-hybridized carbons (Fsp3) is 0.833. The van der Waals surface area contributed by atoms with Crippen LogP contribution in [-0.4, -0.2) is 98.3 Å². The van der Waals surface area contributed by atoms with Gasteiger partial charge in [0, 0.05) is 52.4 Å². The second-order valence-corrected chi connectivity index (χ2v) is 5.22. The third-order valence-electron chi connectivity index (χ3n) is 3.52. The number of carbonyl (C=O) groups is 2. The molecule has 8 nitrogen and oxygen atoms in total. The van der Waals surface area contributed by atoms with Gasteiger partial charge in [-0.3, -0.25) is 0 Å². The van der Waals surface area contributed by atoms with E-state index in [9.17, 15) is 9.59 Å². The van der Waals surface area contributed by atoms with E-state index in [1.807, 2.05) is 14.1 Å². The summed E-state index contributed by atoms with van der Waals surface area (Å²) in [5.41, 5.74) is 0. The van der Waals surface area contributed by atoms with E-state index in [4.69, 9.17) is 9.68 Å². The van der Waals surface area contributed by atoms with Crippen molar-refractivity contribution in [1.29, 1.82) is 0 Å². The Morgan fingerprint density at radius 3 is 1.25 bits per heavy atom. The van der Waals surface area contributed by atoms with Crippen LogP contribution in [0.1, 0.15) is 0 Å². The predicted octanol–water partition coefficient (Wildman–Crippen LogP) is -1.60. The second-order valence-electron chi connectivity index (χ2n) is 5.22. The van der Waals surface area contributed by atoms with Crippen molar-refractivity contribution in [3.63, 3.8) is 0 Å². The summed E-state index contributed by atoms with van der Waals surface area (Å²) in [6.45, 7) is 5.63. The largest absolute Gasteiger partial charge is 0.438 e. The maximum atomic E-state index is 11.6. The first-order valence-electron chi connectivity index (χ1n) is 6.86. The number of piperazine rings is 2. The van der Waals surface area contributed by atoms with Gasteiger partial charge in [0.1, 0.15) is 0 Å². The summed E-state index contributed by atoms with van der Waals surface area (Å²) in [6.07, 6.45) is 0. The molecule has 0 saturated carbocycles. The highest BCUT2D eigenvalue weighted by Gasteiger charge is 2.27. The zero-order chi connectivity index (χ0) is 14.5. The van der Waals surface area contributed by atoms with Gasteiger partial charge in [-0.15, -0.1) is 10.1 Å². The summed E-state index contributed by atoms with van der Waals surface area (Å²) >= 11 is 0. The minimum Gasteiger partial charge on any atom is -0.359 e. The summed E-state index contributed by atoms with van der Waals surface area (Å²) in [5.74, 6) is -1.90. The van der Waals surface area contributed by atoms with Gasteiger partial charge in [0.25, 0.3) is 0 Å². The fourth-order valence-corrected chi connectivity index (χ4v) is 2.07. The predicted molar refractivity (Wildman–Crippen MR) is 70.3 cm³/mol. The van der Waals surface area contributed by atoms with Gasteiger partial charge in [0.15, 0.2) is 0 Å². The van der Waals surface area contributed by atoms with Crippen LogP contribution in [0.3, 0.4) is 0 Å². The van der Waals surface area contributed by atoms with Crippen LogP contribution >= 0.6 is 0 Å². The highest BCUT2D eigenvalue weighted by molar-refractivity contribution is 6.29.